The molecule has 1 aliphatic heterocycles. The Hall–Kier alpha value is -0.830. The molecule has 0 saturated carbocycles. The first-order valence-electron chi connectivity index (χ1n) is 5.42. The van der Waals surface area contributed by atoms with Gasteiger partial charge in [-0.1, -0.05) is 29.8 Å². The van der Waals surface area contributed by atoms with Gasteiger partial charge in [-0.3, -0.25) is 0 Å². The van der Waals surface area contributed by atoms with Crippen molar-refractivity contribution in [1.29, 1.82) is 0 Å². The first-order chi connectivity index (χ1) is 7.84. The van der Waals surface area contributed by atoms with E-state index in [1.807, 2.05) is 29.5 Å². The number of fused-ring (bicyclic) bond motifs is 1. The minimum atomic E-state index is 0.842. The summed E-state index contributed by atoms with van der Waals surface area (Å²) in [7, 11) is 0. The van der Waals surface area contributed by atoms with Crippen LogP contribution >= 0.6 is 22.9 Å². The van der Waals surface area contributed by atoms with Gasteiger partial charge in [0.2, 0.25) is 0 Å². The van der Waals surface area contributed by atoms with Crippen LogP contribution in [0, 0.1) is 0 Å². The van der Waals surface area contributed by atoms with E-state index in [4.69, 9.17) is 11.6 Å². The smallest absolute Gasteiger partial charge is 0.0492 e. The van der Waals surface area contributed by atoms with Crippen LogP contribution in [-0.2, 0) is 13.0 Å². The van der Waals surface area contributed by atoms with Gasteiger partial charge in [-0.2, -0.15) is 0 Å². The first kappa shape index (κ1) is 10.3. The molecule has 0 aliphatic carbocycles. The number of nitrogens with one attached hydrogen (secondary N) is 1. The second kappa shape index (κ2) is 4.21. The third-order valence-electron chi connectivity index (χ3n) is 2.89. The van der Waals surface area contributed by atoms with Crippen LogP contribution in [0.5, 0.6) is 0 Å². The van der Waals surface area contributed by atoms with Crippen LogP contribution < -0.4 is 5.32 Å². The zero-order chi connectivity index (χ0) is 11.0. The summed E-state index contributed by atoms with van der Waals surface area (Å²) in [4.78, 5) is 2.75. The average Bonchev–Trinajstić information content (AvgIpc) is 2.73. The maximum Gasteiger partial charge on any atom is 0.0492 e. The summed E-state index contributed by atoms with van der Waals surface area (Å²) in [5, 5.41) is 4.24. The SMILES string of the molecule is Clc1ccccc1-c1cc2c(s1)CNCC2. The Bertz CT molecular complexity index is 495. The van der Waals surface area contributed by atoms with E-state index in [0.29, 0.717) is 0 Å². The van der Waals surface area contributed by atoms with Gasteiger partial charge in [0.25, 0.3) is 0 Å². The largest absolute Gasteiger partial charge is 0.312 e. The normalized spacial score (nSPS) is 14.8. The van der Waals surface area contributed by atoms with E-state index in [1.165, 1.54) is 15.3 Å². The fraction of sp³-hybridized carbons (Fsp3) is 0.231. The number of benzene rings is 1. The zero-order valence-electron chi connectivity index (χ0n) is 8.79. The topological polar surface area (TPSA) is 12.0 Å². The van der Waals surface area contributed by atoms with Gasteiger partial charge < -0.3 is 5.32 Å². The predicted molar refractivity (Wildman–Crippen MR) is 70.2 cm³/mol. The Morgan fingerprint density at radius 1 is 1.25 bits per heavy atom. The Morgan fingerprint density at radius 3 is 2.94 bits per heavy atom. The lowest BCUT2D eigenvalue weighted by molar-refractivity contribution is 0.655. The van der Waals surface area contributed by atoms with Crippen LogP contribution in [0.1, 0.15) is 10.4 Å². The van der Waals surface area contributed by atoms with Gasteiger partial charge in [-0.05, 0) is 30.7 Å². The fourth-order valence-electron chi connectivity index (χ4n) is 2.05. The maximum atomic E-state index is 6.21. The molecule has 0 radical (unpaired) electrons. The van der Waals surface area contributed by atoms with Crippen LogP contribution in [0.15, 0.2) is 30.3 Å². The molecule has 0 saturated heterocycles. The van der Waals surface area contributed by atoms with Gasteiger partial charge in [0.15, 0.2) is 0 Å². The quantitative estimate of drug-likeness (QED) is 0.813. The lowest BCUT2D eigenvalue weighted by Gasteiger charge is -2.10. The van der Waals surface area contributed by atoms with Crippen molar-refractivity contribution in [3.05, 3.63) is 45.8 Å². The predicted octanol–water partition coefficient (Wildman–Crippen LogP) is 3.71. The number of thiophene rings is 1. The number of hydrogen-bond donors (Lipinski definition) is 1. The molecule has 1 aliphatic rings. The van der Waals surface area contributed by atoms with Crippen LogP contribution in [0.3, 0.4) is 0 Å². The van der Waals surface area contributed by atoms with E-state index < -0.39 is 0 Å². The second-order valence-corrected chi connectivity index (χ2v) is 5.51. The molecule has 0 unspecified atom stereocenters. The molecule has 1 aromatic heterocycles. The van der Waals surface area contributed by atoms with E-state index in [1.54, 1.807) is 0 Å². The van der Waals surface area contributed by atoms with Gasteiger partial charge in [-0.25, -0.2) is 0 Å². The summed E-state index contributed by atoms with van der Waals surface area (Å²) in [6.07, 6.45) is 1.14. The molecule has 3 rings (SSSR count). The molecule has 1 nitrogen and oxygen atoms in total. The summed E-state index contributed by atoms with van der Waals surface area (Å²) < 4.78 is 0. The molecule has 2 heterocycles. The lowest BCUT2D eigenvalue weighted by atomic mass is 10.1. The summed E-state index contributed by atoms with van der Waals surface area (Å²) in [6, 6.07) is 10.3. The number of rotatable bonds is 1. The zero-order valence-corrected chi connectivity index (χ0v) is 10.4. The van der Waals surface area contributed by atoms with Crippen molar-refractivity contribution >= 4 is 22.9 Å². The van der Waals surface area contributed by atoms with Crippen molar-refractivity contribution in [2.45, 2.75) is 13.0 Å². The Balaban J connectivity index is 2.07. The van der Waals surface area contributed by atoms with Crippen LogP contribution in [0.2, 0.25) is 5.02 Å². The molecule has 2 aromatic rings. The molecular formula is C13H12ClNS. The summed E-state index contributed by atoms with van der Waals surface area (Å²) in [6.45, 7) is 2.09. The third-order valence-corrected chi connectivity index (χ3v) is 4.43. The van der Waals surface area contributed by atoms with Gasteiger partial charge in [-0.15, -0.1) is 11.3 Å². The molecule has 0 bridgehead atoms. The Morgan fingerprint density at radius 2 is 2.12 bits per heavy atom. The van der Waals surface area contributed by atoms with Crippen molar-refractivity contribution in [1.82, 2.24) is 5.32 Å². The molecular weight excluding hydrogens is 238 g/mol. The minimum absolute atomic E-state index is 0.842. The number of hydrogen-bond acceptors (Lipinski definition) is 2. The molecule has 0 fully saturated rings. The van der Waals surface area contributed by atoms with Crippen molar-refractivity contribution < 1.29 is 0 Å². The summed E-state index contributed by atoms with van der Waals surface area (Å²) in [5.74, 6) is 0. The first-order valence-corrected chi connectivity index (χ1v) is 6.61. The van der Waals surface area contributed by atoms with Crippen LogP contribution in [0.25, 0.3) is 10.4 Å². The third kappa shape index (κ3) is 1.77. The highest BCUT2D eigenvalue weighted by Gasteiger charge is 2.14. The highest BCUT2D eigenvalue weighted by Crippen LogP contribution is 2.36. The second-order valence-electron chi connectivity index (χ2n) is 3.97. The maximum absolute atomic E-state index is 6.21. The van der Waals surface area contributed by atoms with Crippen molar-refractivity contribution in [2.75, 3.05) is 6.54 Å². The Kier molecular flexibility index (Phi) is 2.72. The van der Waals surface area contributed by atoms with Crippen LogP contribution in [0.4, 0.5) is 0 Å². The summed E-state index contributed by atoms with van der Waals surface area (Å²) >= 11 is 8.07. The molecule has 1 aromatic carbocycles. The molecule has 0 spiro atoms. The highest BCUT2D eigenvalue weighted by atomic mass is 35.5. The van der Waals surface area contributed by atoms with E-state index in [2.05, 4.69) is 17.4 Å². The minimum Gasteiger partial charge on any atom is -0.312 e. The van der Waals surface area contributed by atoms with Crippen molar-refractivity contribution in [2.24, 2.45) is 0 Å². The van der Waals surface area contributed by atoms with Crippen molar-refractivity contribution in [3.8, 4) is 10.4 Å². The highest BCUT2D eigenvalue weighted by molar-refractivity contribution is 7.15. The molecule has 0 amide bonds. The monoisotopic (exact) mass is 249 g/mol. The number of halogens is 1. The molecule has 82 valence electrons. The van der Waals surface area contributed by atoms with Gasteiger partial charge in [0.05, 0.1) is 0 Å². The van der Waals surface area contributed by atoms with Crippen molar-refractivity contribution in [3.63, 3.8) is 0 Å². The molecule has 16 heavy (non-hydrogen) atoms. The molecule has 1 N–H and O–H groups in total. The van der Waals surface area contributed by atoms with Gasteiger partial charge >= 0.3 is 0 Å². The lowest BCUT2D eigenvalue weighted by Crippen LogP contribution is -2.21. The van der Waals surface area contributed by atoms with Gasteiger partial charge in [0, 0.05) is 26.9 Å². The van der Waals surface area contributed by atoms with E-state index in [-0.39, 0.29) is 0 Å². The fourth-order valence-corrected chi connectivity index (χ4v) is 3.56. The van der Waals surface area contributed by atoms with Gasteiger partial charge in [0.1, 0.15) is 0 Å². The van der Waals surface area contributed by atoms with Crippen LogP contribution in [-0.4, -0.2) is 6.54 Å². The van der Waals surface area contributed by atoms with E-state index >= 15 is 0 Å². The van der Waals surface area contributed by atoms with E-state index in [0.717, 1.165) is 30.1 Å². The van der Waals surface area contributed by atoms with E-state index in [9.17, 15) is 0 Å². The summed E-state index contributed by atoms with van der Waals surface area (Å²) in [5.41, 5.74) is 2.64. The molecule has 3 heteroatoms. The Labute approximate surface area is 104 Å². The molecule has 0 atom stereocenters. The standard InChI is InChI=1S/C13H12ClNS/c14-11-4-2-1-3-10(11)12-7-9-5-6-15-8-13(9)16-12/h1-4,7,15H,5-6,8H2. The average molecular weight is 250 g/mol.